The van der Waals surface area contributed by atoms with E-state index < -0.39 is 0 Å². The number of rotatable bonds is 7. The molecule has 1 aliphatic rings. The molecule has 1 atom stereocenters. The topological polar surface area (TPSA) is 71.6 Å². The van der Waals surface area contributed by atoms with Crippen LogP contribution < -0.4 is 14.2 Å². The Hall–Kier alpha value is -2.74. The highest BCUT2D eigenvalue weighted by molar-refractivity contribution is 5.92. The lowest BCUT2D eigenvalue weighted by atomic mass is 10.1. The zero-order chi connectivity index (χ0) is 21.6. The van der Waals surface area contributed by atoms with E-state index in [1.165, 1.54) is 0 Å². The number of carbonyl (C=O) groups is 2. The number of hydrogen-bond acceptors (Lipinski definition) is 6. The predicted molar refractivity (Wildman–Crippen MR) is 111 cm³/mol. The van der Waals surface area contributed by atoms with Crippen molar-refractivity contribution in [1.29, 1.82) is 0 Å². The minimum Gasteiger partial charge on any atom is -0.493 e. The molecule has 0 radical (unpaired) electrons. The molecular weight excluding hydrogens is 374 g/mol. The van der Waals surface area contributed by atoms with Crippen LogP contribution in [0.2, 0.25) is 0 Å². The maximum atomic E-state index is 12.6. The van der Waals surface area contributed by atoms with Crippen molar-refractivity contribution in [2.75, 3.05) is 61.6 Å². The molecule has 0 saturated carbocycles. The lowest BCUT2D eigenvalue weighted by Gasteiger charge is -2.37. The highest BCUT2D eigenvalue weighted by Gasteiger charge is 2.27. The van der Waals surface area contributed by atoms with Crippen LogP contribution >= 0.6 is 0 Å². The van der Waals surface area contributed by atoms with Gasteiger partial charge < -0.3 is 24.0 Å². The van der Waals surface area contributed by atoms with E-state index in [0.29, 0.717) is 43.4 Å². The lowest BCUT2D eigenvalue weighted by molar-refractivity contribution is -0.135. The first-order valence-electron chi connectivity index (χ1n) is 9.54. The fraction of sp³-hybridized carbons (Fsp3) is 0.524. The van der Waals surface area contributed by atoms with Crippen LogP contribution in [0, 0.1) is 0 Å². The third-order valence-corrected chi connectivity index (χ3v) is 5.08. The average molecular weight is 405 g/mol. The summed E-state index contributed by atoms with van der Waals surface area (Å²) in [5.74, 6) is 1.59. The van der Waals surface area contributed by atoms with Crippen molar-refractivity contribution in [3.8, 4) is 17.2 Å². The standard InChI is InChI=1S/C21H31N3O5/c1-15(21(26)22(2)3)23-9-11-24(12-10-23)19(25)8-7-16-13-17(27-4)20(29-6)18(14-16)28-5/h7-8,13-15H,9-12H2,1-6H3. The van der Waals surface area contributed by atoms with Crippen LogP contribution in [0.1, 0.15) is 12.5 Å². The monoisotopic (exact) mass is 405 g/mol. The van der Waals surface area contributed by atoms with Crippen molar-refractivity contribution >= 4 is 17.9 Å². The largest absolute Gasteiger partial charge is 0.493 e. The van der Waals surface area contributed by atoms with Crippen molar-refractivity contribution in [3.63, 3.8) is 0 Å². The van der Waals surface area contributed by atoms with Gasteiger partial charge in [0.2, 0.25) is 17.6 Å². The van der Waals surface area contributed by atoms with E-state index in [4.69, 9.17) is 14.2 Å². The van der Waals surface area contributed by atoms with Gasteiger partial charge in [-0.3, -0.25) is 14.5 Å². The Balaban J connectivity index is 2.01. The van der Waals surface area contributed by atoms with Gasteiger partial charge in [0.15, 0.2) is 11.5 Å². The van der Waals surface area contributed by atoms with E-state index in [1.54, 1.807) is 69.5 Å². The van der Waals surface area contributed by atoms with Crippen LogP contribution in [0.25, 0.3) is 6.08 Å². The summed E-state index contributed by atoms with van der Waals surface area (Å²) >= 11 is 0. The van der Waals surface area contributed by atoms with E-state index >= 15 is 0 Å². The summed E-state index contributed by atoms with van der Waals surface area (Å²) in [5, 5.41) is 0. The molecule has 1 fully saturated rings. The van der Waals surface area contributed by atoms with E-state index in [1.807, 2.05) is 6.92 Å². The number of hydrogen-bond donors (Lipinski definition) is 0. The third kappa shape index (κ3) is 5.41. The Morgan fingerprint density at radius 2 is 1.55 bits per heavy atom. The van der Waals surface area contributed by atoms with E-state index in [2.05, 4.69) is 4.90 Å². The van der Waals surface area contributed by atoms with Gasteiger partial charge in [-0.1, -0.05) is 0 Å². The number of nitrogens with zero attached hydrogens (tertiary/aromatic N) is 3. The molecule has 2 amide bonds. The minimum atomic E-state index is -0.183. The maximum absolute atomic E-state index is 12.6. The quantitative estimate of drug-likeness (QED) is 0.638. The second-order valence-corrected chi connectivity index (χ2v) is 7.06. The number of ether oxygens (including phenoxy) is 3. The van der Waals surface area contributed by atoms with Gasteiger partial charge in [-0.15, -0.1) is 0 Å². The van der Waals surface area contributed by atoms with Crippen molar-refractivity contribution < 1.29 is 23.8 Å². The number of methoxy groups -OCH3 is 3. The van der Waals surface area contributed by atoms with Crippen LogP contribution in [0.3, 0.4) is 0 Å². The minimum absolute atomic E-state index is 0.0648. The Labute approximate surface area is 172 Å². The van der Waals surface area contributed by atoms with E-state index in [0.717, 1.165) is 5.56 Å². The highest BCUT2D eigenvalue weighted by atomic mass is 16.5. The molecule has 8 nitrogen and oxygen atoms in total. The van der Waals surface area contributed by atoms with Crippen molar-refractivity contribution in [3.05, 3.63) is 23.8 Å². The van der Waals surface area contributed by atoms with Gasteiger partial charge in [-0.2, -0.15) is 0 Å². The molecule has 0 aromatic heterocycles. The Morgan fingerprint density at radius 1 is 1.00 bits per heavy atom. The van der Waals surface area contributed by atoms with Crippen molar-refractivity contribution in [1.82, 2.24) is 14.7 Å². The molecule has 2 rings (SSSR count). The zero-order valence-corrected chi connectivity index (χ0v) is 18.1. The molecule has 1 heterocycles. The molecule has 1 unspecified atom stereocenters. The Morgan fingerprint density at radius 3 is 2.00 bits per heavy atom. The maximum Gasteiger partial charge on any atom is 0.246 e. The van der Waals surface area contributed by atoms with Crippen LogP contribution in [0.4, 0.5) is 0 Å². The van der Waals surface area contributed by atoms with Gasteiger partial charge >= 0.3 is 0 Å². The fourth-order valence-electron chi connectivity index (χ4n) is 3.33. The summed E-state index contributed by atoms with van der Waals surface area (Å²) < 4.78 is 16.0. The number of benzene rings is 1. The van der Waals surface area contributed by atoms with Gasteiger partial charge in [0.25, 0.3) is 0 Å². The molecular formula is C21H31N3O5. The third-order valence-electron chi connectivity index (χ3n) is 5.08. The molecule has 1 saturated heterocycles. The molecule has 0 spiro atoms. The normalized spacial score (nSPS) is 15.9. The van der Waals surface area contributed by atoms with Gasteiger partial charge in [-0.25, -0.2) is 0 Å². The van der Waals surface area contributed by atoms with E-state index in [-0.39, 0.29) is 17.9 Å². The lowest BCUT2D eigenvalue weighted by Crippen LogP contribution is -2.54. The summed E-state index contributed by atoms with van der Waals surface area (Å²) in [4.78, 5) is 30.2. The first kappa shape index (κ1) is 22.5. The summed E-state index contributed by atoms with van der Waals surface area (Å²) in [5.41, 5.74) is 0.775. The first-order chi connectivity index (χ1) is 13.8. The first-order valence-corrected chi connectivity index (χ1v) is 9.54. The second kappa shape index (κ2) is 10.2. The number of piperazine rings is 1. The molecule has 29 heavy (non-hydrogen) atoms. The summed E-state index contributed by atoms with van der Waals surface area (Å²) in [6.45, 7) is 4.42. The molecule has 8 heteroatoms. The molecule has 1 aliphatic heterocycles. The second-order valence-electron chi connectivity index (χ2n) is 7.06. The highest BCUT2D eigenvalue weighted by Crippen LogP contribution is 2.38. The van der Waals surface area contributed by atoms with Gasteiger partial charge in [0, 0.05) is 46.4 Å². The molecule has 160 valence electrons. The molecule has 0 bridgehead atoms. The number of amides is 2. The molecule has 1 aromatic rings. The average Bonchev–Trinajstić information content (AvgIpc) is 2.75. The predicted octanol–water partition coefficient (Wildman–Crippen LogP) is 1.35. The van der Waals surface area contributed by atoms with Crippen LogP contribution in [-0.2, 0) is 9.59 Å². The van der Waals surface area contributed by atoms with Crippen molar-refractivity contribution in [2.24, 2.45) is 0 Å². The number of carbonyl (C=O) groups excluding carboxylic acids is 2. The SMILES string of the molecule is COc1cc(C=CC(=O)N2CCN(C(C)C(=O)N(C)C)CC2)cc(OC)c1OC. The smallest absolute Gasteiger partial charge is 0.246 e. The molecule has 0 aliphatic carbocycles. The number of likely N-dealkylation sites (N-methyl/N-ethyl adjacent to an activating group) is 1. The van der Waals surface area contributed by atoms with E-state index in [9.17, 15) is 9.59 Å². The van der Waals surface area contributed by atoms with Gasteiger partial charge in [-0.05, 0) is 30.7 Å². The zero-order valence-electron chi connectivity index (χ0n) is 18.1. The van der Waals surface area contributed by atoms with Crippen LogP contribution in [-0.4, -0.2) is 94.2 Å². The van der Waals surface area contributed by atoms with Gasteiger partial charge in [0.1, 0.15) is 0 Å². The summed E-state index contributed by atoms with van der Waals surface area (Å²) in [6, 6.07) is 3.40. The Kier molecular flexibility index (Phi) is 7.90. The molecule has 1 aromatic carbocycles. The van der Waals surface area contributed by atoms with Crippen molar-refractivity contribution in [2.45, 2.75) is 13.0 Å². The summed E-state index contributed by atoms with van der Waals surface area (Å²) in [6.07, 6.45) is 3.28. The fourth-order valence-corrected chi connectivity index (χ4v) is 3.33. The molecule has 0 N–H and O–H groups in total. The summed E-state index contributed by atoms with van der Waals surface area (Å²) in [7, 11) is 8.17. The van der Waals surface area contributed by atoms with Crippen LogP contribution in [0.15, 0.2) is 18.2 Å². The van der Waals surface area contributed by atoms with Crippen LogP contribution in [0.5, 0.6) is 17.2 Å². The van der Waals surface area contributed by atoms with Gasteiger partial charge in [0.05, 0.1) is 27.4 Å². The Bertz CT molecular complexity index is 730.